The number of aryl methyl sites for hydroxylation is 2. The summed E-state index contributed by atoms with van der Waals surface area (Å²) >= 11 is 0. The minimum Gasteiger partial charge on any atom is -0.309 e. The van der Waals surface area contributed by atoms with Crippen LogP contribution in [0.1, 0.15) is 63.4 Å². The Bertz CT molecular complexity index is 368. The number of rotatable bonds is 10. The highest BCUT2D eigenvalue weighted by Gasteiger charge is 2.15. The zero-order chi connectivity index (χ0) is 14.1. The average molecular weight is 263 g/mol. The summed E-state index contributed by atoms with van der Waals surface area (Å²) in [5.74, 6) is 0. The van der Waals surface area contributed by atoms with Crippen LogP contribution >= 0.6 is 0 Å². The van der Waals surface area contributed by atoms with Gasteiger partial charge < -0.3 is 5.32 Å². The summed E-state index contributed by atoms with van der Waals surface area (Å²) in [6.45, 7) is 12.1. The van der Waals surface area contributed by atoms with Crippen molar-refractivity contribution in [2.45, 2.75) is 65.5 Å². The molecule has 1 aromatic rings. The van der Waals surface area contributed by atoms with Gasteiger partial charge in [-0.05, 0) is 45.7 Å². The molecule has 0 spiro atoms. The number of hydrogen-bond donors (Lipinski definition) is 1. The maximum absolute atomic E-state index is 4.55. The van der Waals surface area contributed by atoms with Gasteiger partial charge in [-0.2, -0.15) is 5.10 Å². The van der Waals surface area contributed by atoms with Gasteiger partial charge in [0.25, 0.3) is 0 Å². The van der Waals surface area contributed by atoms with E-state index in [0.717, 1.165) is 25.2 Å². The monoisotopic (exact) mass is 263 g/mol. The molecule has 0 saturated heterocycles. The van der Waals surface area contributed by atoms with Gasteiger partial charge >= 0.3 is 0 Å². The molecule has 1 rings (SSSR count). The maximum atomic E-state index is 4.55. The van der Waals surface area contributed by atoms with Crippen molar-refractivity contribution in [2.24, 2.45) is 0 Å². The summed E-state index contributed by atoms with van der Waals surface area (Å²) in [6, 6.07) is 2.66. The summed E-state index contributed by atoms with van der Waals surface area (Å²) in [5.41, 5.74) is 2.46. The number of allylic oxidation sites excluding steroid dienone is 1. The van der Waals surface area contributed by atoms with E-state index in [0.29, 0.717) is 6.04 Å². The normalized spacial score (nSPS) is 12.6. The number of nitrogens with zero attached hydrogens (tertiary/aromatic N) is 2. The molecule has 3 nitrogen and oxygen atoms in total. The van der Waals surface area contributed by atoms with Gasteiger partial charge in [0.05, 0.1) is 11.4 Å². The fourth-order valence-corrected chi connectivity index (χ4v) is 2.51. The van der Waals surface area contributed by atoms with Crippen LogP contribution in [0.3, 0.4) is 0 Å². The molecule has 0 radical (unpaired) electrons. The van der Waals surface area contributed by atoms with Gasteiger partial charge in [0.1, 0.15) is 0 Å². The van der Waals surface area contributed by atoms with Gasteiger partial charge in [-0.3, -0.25) is 4.68 Å². The highest BCUT2D eigenvalue weighted by molar-refractivity contribution is 5.13. The predicted octanol–water partition coefficient (Wildman–Crippen LogP) is 4.00. The Labute approximate surface area is 118 Å². The maximum Gasteiger partial charge on any atom is 0.0597 e. The number of unbranched alkanes of at least 4 members (excludes halogenated alkanes) is 3. The minimum atomic E-state index is 0.440. The first kappa shape index (κ1) is 16.0. The zero-order valence-corrected chi connectivity index (χ0v) is 12.8. The summed E-state index contributed by atoms with van der Waals surface area (Å²) in [5, 5.41) is 8.15. The van der Waals surface area contributed by atoms with Crippen molar-refractivity contribution < 1.29 is 0 Å². The van der Waals surface area contributed by atoms with Crippen LogP contribution in [-0.4, -0.2) is 16.3 Å². The summed E-state index contributed by atoms with van der Waals surface area (Å²) in [7, 11) is 0. The van der Waals surface area contributed by atoms with Gasteiger partial charge in [-0.1, -0.05) is 25.8 Å². The molecule has 1 atom stereocenters. The summed E-state index contributed by atoms with van der Waals surface area (Å²) < 4.78 is 2.13. The van der Waals surface area contributed by atoms with Crippen LogP contribution in [0.2, 0.25) is 0 Å². The zero-order valence-electron chi connectivity index (χ0n) is 12.8. The van der Waals surface area contributed by atoms with E-state index in [9.17, 15) is 0 Å². The Kier molecular flexibility index (Phi) is 7.49. The smallest absolute Gasteiger partial charge is 0.0597 e. The van der Waals surface area contributed by atoms with Crippen LogP contribution in [0.5, 0.6) is 0 Å². The molecule has 0 amide bonds. The van der Waals surface area contributed by atoms with Crippen molar-refractivity contribution in [3.63, 3.8) is 0 Å². The Morgan fingerprint density at radius 2 is 2.16 bits per heavy atom. The molecule has 0 bridgehead atoms. The Morgan fingerprint density at radius 3 is 2.79 bits per heavy atom. The SMILES string of the molecule is C=CCCCCCC(NCC)c1cc(C)nn1CC. The van der Waals surface area contributed by atoms with Gasteiger partial charge in [0, 0.05) is 12.6 Å². The topological polar surface area (TPSA) is 29.9 Å². The van der Waals surface area contributed by atoms with E-state index >= 15 is 0 Å². The second-order valence-electron chi connectivity index (χ2n) is 5.06. The van der Waals surface area contributed by atoms with Crippen LogP contribution < -0.4 is 5.32 Å². The molecule has 0 fully saturated rings. The molecule has 0 aliphatic carbocycles. The molecular formula is C16H29N3. The van der Waals surface area contributed by atoms with Crippen molar-refractivity contribution in [3.05, 3.63) is 30.1 Å². The summed E-state index contributed by atoms with van der Waals surface area (Å²) in [6.07, 6.45) is 8.15. The van der Waals surface area contributed by atoms with Crippen LogP contribution in [0.15, 0.2) is 18.7 Å². The van der Waals surface area contributed by atoms with Crippen LogP contribution in [-0.2, 0) is 6.54 Å². The lowest BCUT2D eigenvalue weighted by molar-refractivity contribution is 0.446. The van der Waals surface area contributed by atoms with Crippen molar-refractivity contribution in [2.75, 3.05) is 6.54 Å². The largest absolute Gasteiger partial charge is 0.309 e. The first-order valence-electron chi connectivity index (χ1n) is 7.61. The van der Waals surface area contributed by atoms with Crippen molar-refractivity contribution in [3.8, 4) is 0 Å². The first-order chi connectivity index (χ1) is 9.22. The van der Waals surface area contributed by atoms with E-state index in [1.54, 1.807) is 0 Å². The number of aromatic nitrogens is 2. The lowest BCUT2D eigenvalue weighted by Gasteiger charge is -2.19. The standard InChI is InChI=1S/C16H29N3/c1-5-8-9-10-11-12-15(17-6-2)16-13-14(4)18-19(16)7-3/h5,13,15,17H,1,6-12H2,2-4H3. The van der Waals surface area contributed by atoms with Gasteiger partial charge in [0.2, 0.25) is 0 Å². The fourth-order valence-electron chi connectivity index (χ4n) is 2.51. The highest BCUT2D eigenvalue weighted by Crippen LogP contribution is 2.21. The lowest BCUT2D eigenvalue weighted by atomic mass is 10.0. The third-order valence-electron chi connectivity index (χ3n) is 3.44. The summed E-state index contributed by atoms with van der Waals surface area (Å²) in [4.78, 5) is 0. The van der Waals surface area contributed by atoms with E-state index < -0.39 is 0 Å². The number of nitrogens with one attached hydrogen (secondary N) is 1. The Balaban J connectivity index is 2.57. The molecule has 3 heteroatoms. The highest BCUT2D eigenvalue weighted by atomic mass is 15.3. The molecule has 1 N–H and O–H groups in total. The molecule has 1 aromatic heterocycles. The fraction of sp³-hybridized carbons (Fsp3) is 0.688. The van der Waals surface area contributed by atoms with E-state index in [4.69, 9.17) is 0 Å². The number of hydrogen-bond acceptors (Lipinski definition) is 2. The molecule has 19 heavy (non-hydrogen) atoms. The molecular weight excluding hydrogens is 234 g/mol. The Morgan fingerprint density at radius 1 is 1.37 bits per heavy atom. The van der Waals surface area contributed by atoms with E-state index in [1.165, 1.54) is 31.4 Å². The Hall–Kier alpha value is -1.09. The van der Waals surface area contributed by atoms with E-state index in [2.05, 4.69) is 48.5 Å². The average Bonchev–Trinajstić information content (AvgIpc) is 2.78. The van der Waals surface area contributed by atoms with Crippen LogP contribution in [0.4, 0.5) is 0 Å². The first-order valence-corrected chi connectivity index (χ1v) is 7.61. The molecule has 0 aromatic carbocycles. The van der Waals surface area contributed by atoms with Gasteiger partial charge in [0.15, 0.2) is 0 Å². The molecule has 108 valence electrons. The third-order valence-corrected chi connectivity index (χ3v) is 3.44. The molecule has 0 aliphatic heterocycles. The van der Waals surface area contributed by atoms with Crippen molar-refractivity contribution >= 4 is 0 Å². The molecule has 1 unspecified atom stereocenters. The quantitative estimate of drug-likeness (QED) is 0.511. The third kappa shape index (κ3) is 5.19. The molecule has 1 heterocycles. The minimum absolute atomic E-state index is 0.440. The molecule has 0 aliphatic rings. The lowest BCUT2D eigenvalue weighted by Crippen LogP contribution is -2.23. The second kappa shape index (κ2) is 8.92. The van der Waals surface area contributed by atoms with Crippen LogP contribution in [0, 0.1) is 6.92 Å². The van der Waals surface area contributed by atoms with Gasteiger partial charge in [-0.15, -0.1) is 6.58 Å². The second-order valence-corrected chi connectivity index (χ2v) is 5.06. The van der Waals surface area contributed by atoms with Crippen molar-refractivity contribution in [1.29, 1.82) is 0 Å². The van der Waals surface area contributed by atoms with E-state index in [1.807, 2.05) is 6.08 Å². The van der Waals surface area contributed by atoms with E-state index in [-0.39, 0.29) is 0 Å². The predicted molar refractivity (Wildman–Crippen MR) is 82.3 cm³/mol. The van der Waals surface area contributed by atoms with Gasteiger partial charge in [-0.25, -0.2) is 0 Å². The van der Waals surface area contributed by atoms with Crippen molar-refractivity contribution in [1.82, 2.24) is 15.1 Å². The van der Waals surface area contributed by atoms with Crippen LogP contribution in [0.25, 0.3) is 0 Å². The molecule has 0 saturated carbocycles.